The van der Waals surface area contributed by atoms with E-state index in [2.05, 4.69) is 38.2 Å². The van der Waals surface area contributed by atoms with Crippen LogP contribution in [0.15, 0.2) is 29.4 Å². The zero-order valence-electron chi connectivity index (χ0n) is 12.3. The average molecular weight is 263 g/mol. The van der Waals surface area contributed by atoms with Crippen molar-refractivity contribution in [2.24, 2.45) is 22.2 Å². The highest BCUT2D eigenvalue weighted by Gasteiger charge is 2.21. The first kappa shape index (κ1) is 15.5. The Bertz CT molecular complexity index is 439. The molecular weight excluding hydrogens is 238 g/mol. The zero-order valence-corrected chi connectivity index (χ0v) is 12.3. The van der Waals surface area contributed by atoms with E-state index in [-0.39, 0.29) is 11.3 Å². The van der Waals surface area contributed by atoms with Crippen LogP contribution in [0.1, 0.15) is 38.8 Å². The van der Waals surface area contributed by atoms with Crippen LogP contribution < -0.4 is 11.1 Å². The lowest BCUT2D eigenvalue weighted by molar-refractivity contribution is 0.238. The second-order valence-corrected chi connectivity index (χ2v) is 5.89. The molecular formula is C15H25N3O. The standard InChI is InChI=1S/C15H25N3O/c1-11(2)15(3,4)10-17-9-12-7-5-6-8-13(12)14(16)18-19/h5-8,11,17,19H,9-10H2,1-4H3,(H2,16,18). The van der Waals surface area contributed by atoms with Crippen LogP contribution in [0.2, 0.25) is 0 Å². The van der Waals surface area contributed by atoms with E-state index in [9.17, 15) is 0 Å². The van der Waals surface area contributed by atoms with Crippen molar-refractivity contribution in [2.75, 3.05) is 6.54 Å². The fourth-order valence-corrected chi connectivity index (χ4v) is 1.70. The van der Waals surface area contributed by atoms with Gasteiger partial charge in [0.25, 0.3) is 0 Å². The highest BCUT2D eigenvalue weighted by atomic mass is 16.4. The molecule has 0 aliphatic carbocycles. The van der Waals surface area contributed by atoms with Crippen LogP contribution in [0.3, 0.4) is 0 Å². The quantitative estimate of drug-likeness (QED) is 0.320. The van der Waals surface area contributed by atoms with E-state index in [1.54, 1.807) is 0 Å². The molecule has 1 rings (SSSR count). The largest absolute Gasteiger partial charge is 0.409 e. The number of rotatable bonds is 6. The average Bonchev–Trinajstić information content (AvgIpc) is 2.38. The van der Waals surface area contributed by atoms with Gasteiger partial charge in [-0.15, -0.1) is 0 Å². The van der Waals surface area contributed by atoms with Crippen LogP contribution in [-0.2, 0) is 6.54 Å². The minimum atomic E-state index is 0.153. The molecule has 0 saturated heterocycles. The highest BCUT2D eigenvalue weighted by Crippen LogP contribution is 2.24. The van der Waals surface area contributed by atoms with Gasteiger partial charge in [0.15, 0.2) is 5.84 Å². The van der Waals surface area contributed by atoms with Crippen LogP contribution in [0.5, 0.6) is 0 Å². The maximum absolute atomic E-state index is 8.78. The van der Waals surface area contributed by atoms with E-state index in [0.717, 1.165) is 17.7 Å². The van der Waals surface area contributed by atoms with Crippen LogP contribution in [0, 0.1) is 11.3 Å². The summed E-state index contributed by atoms with van der Waals surface area (Å²) in [5.41, 5.74) is 7.73. The maximum atomic E-state index is 8.78. The predicted molar refractivity (Wildman–Crippen MR) is 79.3 cm³/mol. The number of hydrogen-bond acceptors (Lipinski definition) is 3. The van der Waals surface area contributed by atoms with Crippen LogP contribution in [0.4, 0.5) is 0 Å². The Morgan fingerprint density at radius 3 is 2.58 bits per heavy atom. The molecule has 0 amide bonds. The molecule has 4 N–H and O–H groups in total. The Kier molecular flexibility index (Phi) is 5.36. The van der Waals surface area contributed by atoms with Crippen LogP contribution >= 0.6 is 0 Å². The molecule has 0 fully saturated rings. The second kappa shape index (κ2) is 6.57. The molecule has 0 aliphatic rings. The third-order valence-electron chi connectivity index (χ3n) is 3.86. The van der Waals surface area contributed by atoms with Crippen molar-refractivity contribution in [3.05, 3.63) is 35.4 Å². The van der Waals surface area contributed by atoms with E-state index in [1.165, 1.54) is 0 Å². The second-order valence-electron chi connectivity index (χ2n) is 5.89. The molecule has 4 heteroatoms. The first-order valence-electron chi connectivity index (χ1n) is 6.65. The summed E-state index contributed by atoms with van der Waals surface area (Å²) in [5, 5.41) is 15.3. The van der Waals surface area contributed by atoms with Gasteiger partial charge in [-0.05, 0) is 16.9 Å². The van der Waals surface area contributed by atoms with Gasteiger partial charge in [-0.1, -0.05) is 57.1 Å². The van der Waals surface area contributed by atoms with E-state index in [0.29, 0.717) is 12.5 Å². The monoisotopic (exact) mass is 263 g/mol. The topological polar surface area (TPSA) is 70.6 Å². The van der Waals surface area contributed by atoms with Gasteiger partial charge in [-0.2, -0.15) is 0 Å². The van der Waals surface area contributed by atoms with Crippen molar-refractivity contribution in [1.82, 2.24) is 5.32 Å². The number of oxime groups is 1. The molecule has 0 spiro atoms. The molecule has 4 nitrogen and oxygen atoms in total. The van der Waals surface area contributed by atoms with Crippen LogP contribution in [0.25, 0.3) is 0 Å². The Hall–Kier alpha value is -1.55. The van der Waals surface area contributed by atoms with E-state index in [1.807, 2.05) is 24.3 Å². The van der Waals surface area contributed by atoms with Gasteiger partial charge in [0, 0.05) is 18.7 Å². The fraction of sp³-hybridized carbons (Fsp3) is 0.533. The molecule has 0 bridgehead atoms. The third-order valence-corrected chi connectivity index (χ3v) is 3.86. The molecule has 1 aromatic carbocycles. The highest BCUT2D eigenvalue weighted by molar-refractivity contribution is 5.98. The van der Waals surface area contributed by atoms with Gasteiger partial charge in [0.2, 0.25) is 0 Å². The number of nitrogens with one attached hydrogen (secondary N) is 1. The molecule has 0 heterocycles. The van der Waals surface area contributed by atoms with Crippen molar-refractivity contribution < 1.29 is 5.21 Å². The molecule has 0 saturated carbocycles. The number of nitrogens with zero attached hydrogens (tertiary/aromatic N) is 1. The summed E-state index contributed by atoms with van der Waals surface area (Å²) in [7, 11) is 0. The summed E-state index contributed by atoms with van der Waals surface area (Å²) >= 11 is 0. The Labute approximate surface area is 115 Å². The van der Waals surface area contributed by atoms with Gasteiger partial charge in [0.05, 0.1) is 0 Å². The summed E-state index contributed by atoms with van der Waals surface area (Å²) in [6.45, 7) is 10.6. The number of benzene rings is 1. The number of hydrogen-bond donors (Lipinski definition) is 3. The van der Waals surface area contributed by atoms with Gasteiger partial charge >= 0.3 is 0 Å². The van der Waals surface area contributed by atoms with Crippen molar-refractivity contribution in [3.63, 3.8) is 0 Å². The molecule has 0 aromatic heterocycles. The summed E-state index contributed by atoms with van der Waals surface area (Å²) in [6, 6.07) is 7.69. The summed E-state index contributed by atoms with van der Waals surface area (Å²) in [6.07, 6.45) is 0. The van der Waals surface area contributed by atoms with Crippen LogP contribution in [-0.4, -0.2) is 17.6 Å². The molecule has 0 aliphatic heterocycles. The van der Waals surface area contributed by atoms with Gasteiger partial charge in [-0.3, -0.25) is 0 Å². The van der Waals surface area contributed by atoms with Gasteiger partial charge in [-0.25, -0.2) is 0 Å². The smallest absolute Gasteiger partial charge is 0.170 e. The Morgan fingerprint density at radius 1 is 1.37 bits per heavy atom. The lowest BCUT2D eigenvalue weighted by Crippen LogP contribution is -2.33. The first-order valence-corrected chi connectivity index (χ1v) is 6.65. The number of nitrogens with two attached hydrogens (primary N) is 1. The zero-order chi connectivity index (χ0) is 14.5. The summed E-state index contributed by atoms with van der Waals surface area (Å²) in [5.74, 6) is 0.764. The molecule has 0 atom stereocenters. The fourth-order valence-electron chi connectivity index (χ4n) is 1.70. The number of amidine groups is 1. The van der Waals surface area contributed by atoms with Crippen molar-refractivity contribution in [1.29, 1.82) is 0 Å². The van der Waals surface area contributed by atoms with Gasteiger partial charge in [0.1, 0.15) is 0 Å². The van der Waals surface area contributed by atoms with Crippen molar-refractivity contribution >= 4 is 5.84 Å². The normalized spacial score (nSPS) is 13.0. The van der Waals surface area contributed by atoms with E-state index >= 15 is 0 Å². The molecule has 106 valence electrons. The minimum absolute atomic E-state index is 0.153. The molecule has 0 unspecified atom stereocenters. The minimum Gasteiger partial charge on any atom is -0.409 e. The van der Waals surface area contributed by atoms with E-state index < -0.39 is 0 Å². The summed E-state index contributed by atoms with van der Waals surface area (Å²) in [4.78, 5) is 0. The van der Waals surface area contributed by atoms with Crippen molar-refractivity contribution in [2.45, 2.75) is 34.2 Å². The van der Waals surface area contributed by atoms with Crippen molar-refractivity contribution in [3.8, 4) is 0 Å². The summed E-state index contributed by atoms with van der Waals surface area (Å²) < 4.78 is 0. The predicted octanol–water partition coefficient (Wildman–Crippen LogP) is 2.55. The van der Waals surface area contributed by atoms with Gasteiger partial charge < -0.3 is 16.3 Å². The third kappa shape index (κ3) is 4.24. The first-order chi connectivity index (χ1) is 8.88. The SMILES string of the molecule is CC(C)C(C)(C)CNCc1ccccc1/C(N)=N/O. The lowest BCUT2D eigenvalue weighted by Gasteiger charge is -2.29. The molecule has 1 aromatic rings. The Morgan fingerprint density at radius 2 is 2.00 bits per heavy atom. The lowest BCUT2D eigenvalue weighted by atomic mass is 9.81. The maximum Gasteiger partial charge on any atom is 0.170 e. The Balaban J connectivity index is 2.69. The molecule has 0 radical (unpaired) electrons. The van der Waals surface area contributed by atoms with E-state index in [4.69, 9.17) is 10.9 Å². The molecule has 19 heavy (non-hydrogen) atoms.